The van der Waals surface area contributed by atoms with Gasteiger partial charge in [0, 0.05) is 49.5 Å². The number of imidazole rings is 1. The number of likely N-dealkylation sites (tertiary alicyclic amines) is 1. The first-order chi connectivity index (χ1) is 20.6. The second-order valence-electron chi connectivity index (χ2n) is 11.0. The van der Waals surface area contributed by atoms with Crippen LogP contribution in [0.4, 0.5) is 11.5 Å². The standard InChI is InChI=1S/C32H36N6O4/c39-27-12-5-18-37(27)19-7-17-33-31(40)25-10-4-20-38-29(25)36-28(30(38)34-23-8-2-1-3-9-23)22-13-15-24(16-14-22)35-32(41)26-11-6-21-42-26/h4,6,10-11,13-16,20-21,23,34H,1-3,5,7-9,12,17-19H2,(H,33,40)(H,35,41). The van der Waals surface area contributed by atoms with E-state index >= 15 is 0 Å². The molecule has 4 aromatic rings. The first-order valence-electron chi connectivity index (χ1n) is 14.9. The molecule has 42 heavy (non-hydrogen) atoms. The van der Waals surface area contributed by atoms with Crippen molar-refractivity contribution in [1.29, 1.82) is 0 Å². The third-order valence-electron chi connectivity index (χ3n) is 8.06. The maximum atomic E-state index is 13.3. The number of rotatable bonds is 10. The maximum Gasteiger partial charge on any atom is 0.291 e. The van der Waals surface area contributed by atoms with Gasteiger partial charge >= 0.3 is 0 Å². The Kier molecular flexibility index (Phi) is 8.21. The van der Waals surface area contributed by atoms with Gasteiger partial charge in [-0.05, 0) is 62.1 Å². The Morgan fingerprint density at radius 3 is 2.55 bits per heavy atom. The molecular formula is C32H36N6O4. The lowest BCUT2D eigenvalue weighted by atomic mass is 9.95. The minimum atomic E-state index is -0.317. The fourth-order valence-electron chi connectivity index (χ4n) is 5.84. The third-order valence-corrected chi connectivity index (χ3v) is 8.06. The van der Waals surface area contributed by atoms with Crippen LogP contribution in [0, 0.1) is 0 Å². The van der Waals surface area contributed by atoms with Gasteiger partial charge in [-0.15, -0.1) is 0 Å². The molecule has 1 aliphatic carbocycles. The van der Waals surface area contributed by atoms with Crippen LogP contribution in [0.1, 0.15) is 72.3 Å². The van der Waals surface area contributed by atoms with Gasteiger partial charge in [0.2, 0.25) is 5.91 Å². The van der Waals surface area contributed by atoms with Crippen molar-refractivity contribution in [3.05, 3.63) is 72.3 Å². The number of pyridine rings is 1. The summed E-state index contributed by atoms with van der Waals surface area (Å²) in [6.07, 6.45) is 11.4. The number of carbonyl (C=O) groups excluding carboxylic acids is 3. The van der Waals surface area contributed by atoms with E-state index in [0.29, 0.717) is 48.9 Å². The zero-order valence-corrected chi connectivity index (χ0v) is 23.6. The van der Waals surface area contributed by atoms with Gasteiger partial charge in [-0.1, -0.05) is 31.4 Å². The summed E-state index contributed by atoms with van der Waals surface area (Å²) in [5.41, 5.74) is 3.33. The van der Waals surface area contributed by atoms with Crippen molar-refractivity contribution < 1.29 is 18.8 Å². The first kappa shape index (κ1) is 27.6. The van der Waals surface area contributed by atoms with Gasteiger partial charge in [-0.25, -0.2) is 4.98 Å². The van der Waals surface area contributed by atoms with Gasteiger partial charge in [0.05, 0.1) is 11.8 Å². The van der Waals surface area contributed by atoms with E-state index in [1.807, 2.05) is 45.8 Å². The molecule has 4 heterocycles. The number of fused-ring (bicyclic) bond motifs is 1. The summed E-state index contributed by atoms with van der Waals surface area (Å²) >= 11 is 0. The summed E-state index contributed by atoms with van der Waals surface area (Å²) in [5, 5.41) is 9.61. The van der Waals surface area contributed by atoms with Crippen LogP contribution in [0.3, 0.4) is 0 Å². The Labute approximate surface area is 244 Å². The van der Waals surface area contributed by atoms with E-state index in [1.54, 1.807) is 18.2 Å². The molecule has 0 spiro atoms. The first-order valence-corrected chi connectivity index (χ1v) is 14.9. The molecule has 1 aliphatic heterocycles. The van der Waals surface area contributed by atoms with Crippen LogP contribution < -0.4 is 16.0 Å². The van der Waals surface area contributed by atoms with E-state index in [2.05, 4.69) is 16.0 Å². The quantitative estimate of drug-likeness (QED) is 0.222. The van der Waals surface area contributed by atoms with Crippen LogP contribution in [0.2, 0.25) is 0 Å². The van der Waals surface area contributed by atoms with Gasteiger partial charge in [0.1, 0.15) is 11.5 Å². The molecular weight excluding hydrogens is 532 g/mol. The fraction of sp³-hybridized carbons (Fsp3) is 0.375. The van der Waals surface area contributed by atoms with E-state index in [1.165, 1.54) is 25.5 Å². The normalized spacial score (nSPS) is 15.7. The van der Waals surface area contributed by atoms with Crippen molar-refractivity contribution in [2.24, 2.45) is 0 Å². The Hall–Kier alpha value is -4.60. The van der Waals surface area contributed by atoms with Crippen LogP contribution in [-0.2, 0) is 4.79 Å². The minimum absolute atomic E-state index is 0.190. The predicted octanol–water partition coefficient (Wildman–Crippen LogP) is 5.33. The number of benzene rings is 1. The van der Waals surface area contributed by atoms with Crippen LogP contribution in [0.25, 0.3) is 16.9 Å². The van der Waals surface area contributed by atoms with E-state index in [-0.39, 0.29) is 23.5 Å². The molecule has 10 heteroatoms. The summed E-state index contributed by atoms with van der Waals surface area (Å²) in [6.45, 7) is 1.94. The molecule has 3 amide bonds. The molecule has 1 saturated carbocycles. The van der Waals surface area contributed by atoms with E-state index in [4.69, 9.17) is 9.40 Å². The van der Waals surface area contributed by atoms with Crippen molar-refractivity contribution in [2.75, 3.05) is 30.3 Å². The second-order valence-corrected chi connectivity index (χ2v) is 11.0. The number of carbonyl (C=O) groups is 3. The highest BCUT2D eigenvalue weighted by molar-refractivity contribution is 6.02. The van der Waals surface area contributed by atoms with Crippen molar-refractivity contribution in [3.63, 3.8) is 0 Å². The number of aromatic nitrogens is 2. The number of hydrogen-bond acceptors (Lipinski definition) is 6. The SMILES string of the molecule is O=C(Nc1ccc(-c2nc3c(C(=O)NCCCN4CCCC4=O)cccn3c2NC2CCCCC2)cc1)c1ccco1. The second kappa shape index (κ2) is 12.5. The Bertz CT molecular complexity index is 1550. The molecule has 1 aromatic carbocycles. The van der Waals surface area contributed by atoms with Crippen LogP contribution in [0.5, 0.6) is 0 Å². The highest BCUT2D eigenvalue weighted by atomic mass is 16.3. The Morgan fingerprint density at radius 1 is 0.976 bits per heavy atom. The van der Waals surface area contributed by atoms with Gasteiger partial charge in [-0.2, -0.15) is 0 Å². The maximum absolute atomic E-state index is 13.3. The molecule has 3 aromatic heterocycles. The number of furan rings is 1. The molecule has 2 fully saturated rings. The van der Waals surface area contributed by atoms with Crippen LogP contribution >= 0.6 is 0 Å². The lowest BCUT2D eigenvalue weighted by Gasteiger charge is -2.24. The number of nitrogens with one attached hydrogen (secondary N) is 3. The van der Waals surface area contributed by atoms with E-state index in [0.717, 1.165) is 42.9 Å². The zero-order chi connectivity index (χ0) is 28.9. The highest BCUT2D eigenvalue weighted by Gasteiger charge is 2.23. The molecule has 10 nitrogen and oxygen atoms in total. The Morgan fingerprint density at radius 2 is 1.81 bits per heavy atom. The number of amides is 3. The smallest absolute Gasteiger partial charge is 0.291 e. The average Bonchev–Trinajstić information content (AvgIpc) is 3.77. The van der Waals surface area contributed by atoms with Crippen LogP contribution in [0.15, 0.2) is 65.4 Å². The summed E-state index contributed by atoms with van der Waals surface area (Å²) in [4.78, 5) is 44.4. The molecule has 1 saturated heterocycles. The lowest BCUT2D eigenvalue weighted by molar-refractivity contribution is -0.127. The summed E-state index contributed by atoms with van der Waals surface area (Å²) < 4.78 is 7.16. The topological polar surface area (TPSA) is 121 Å². The van der Waals surface area contributed by atoms with Crippen molar-refractivity contribution in [1.82, 2.24) is 19.6 Å². The van der Waals surface area contributed by atoms with Gasteiger partial charge in [0.15, 0.2) is 11.4 Å². The predicted molar refractivity (Wildman–Crippen MR) is 161 cm³/mol. The summed E-state index contributed by atoms with van der Waals surface area (Å²) in [7, 11) is 0. The van der Waals surface area contributed by atoms with Crippen molar-refractivity contribution in [2.45, 2.75) is 57.4 Å². The van der Waals surface area contributed by atoms with Crippen LogP contribution in [-0.4, -0.2) is 57.7 Å². The summed E-state index contributed by atoms with van der Waals surface area (Å²) in [6, 6.07) is 14.8. The van der Waals surface area contributed by atoms with E-state index < -0.39 is 0 Å². The highest BCUT2D eigenvalue weighted by Crippen LogP contribution is 2.33. The third kappa shape index (κ3) is 6.02. The van der Waals surface area contributed by atoms with Gasteiger partial charge in [-0.3, -0.25) is 18.8 Å². The van der Waals surface area contributed by atoms with Gasteiger partial charge in [0.25, 0.3) is 11.8 Å². The zero-order valence-electron chi connectivity index (χ0n) is 23.6. The minimum Gasteiger partial charge on any atom is -0.459 e. The van der Waals surface area contributed by atoms with E-state index in [9.17, 15) is 14.4 Å². The molecule has 0 atom stereocenters. The number of nitrogens with zero attached hydrogens (tertiary/aromatic N) is 3. The monoisotopic (exact) mass is 568 g/mol. The molecule has 218 valence electrons. The molecule has 0 unspecified atom stereocenters. The van der Waals surface area contributed by atoms with Crippen molar-refractivity contribution >= 4 is 34.9 Å². The largest absolute Gasteiger partial charge is 0.459 e. The molecule has 2 aliphatic rings. The lowest BCUT2D eigenvalue weighted by Crippen LogP contribution is -2.30. The molecule has 3 N–H and O–H groups in total. The number of anilines is 2. The van der Waals surface area contributed by atoms with Gasteiger partial charge < -0.3 is 25.3 Å². The molecule has 0 radical (unpaired) electrons. The Balaban J connectivity index is 1.24. The molecule has 0 bridgehead atoms. The fourth-order valence-corrected chi connectivity index (χ4v) is 5.84. The number of hydrogen-bond donors (Lipinski definition) is 3. The molecule has 6 rings (SSSR count). The summed E-state index contributed by atoms with van der Waals surface area (Å²) in [5.74, 6) is 0.787. The average molecular weight is 569 g/mol. The van der Waals surface area contributed by atoms with Crippen molar-refractivity contribution in [3.8, 4) is 11.3 Å².